The lowest BCUT2D eigenvalue weighted by molar-refractivity contribution is -0.151. The SMILES string of the molecule is C=CCC[C@H](NC(=O)OCC1c2ccccc2-c2ccccc21)C(=O)O[C@@H](C)CNC(=O)[C@H](CC=C)CC(=O)N[C@H](C)CO. The standard InChI is InChI=1S/C34H43N3O7/c1-5-7-17-30(33(41)44-23(4)19-35-32(40)24(12-6-2)18-31(39)36-22(3)20-38)37-34(42)43-21-29-27-15-10-8-13-25(27)26-14-9-11-16-28(26)29/h5-6,8-11,13-16,22-24,29-30,38H,1-2,7,12,17-21H2,3-4H3,(H,35,40)(H,36,39)(H,37,42)/t22-,23+,24-,30+/m1/s1. The van der Waals surface area contributed by atoms with Gasteiger partial charge < -0.3 is 30.5 Å². The van der Waals surface area contributed by atoms with E-state index in [-0.39, 0.29) is 56.8 Å². The number of amides is 3. The van der Waals surface area contributed by atoms with Crippen LogP contribution in [-0.4, -0.2) is 66.9 Å². The maximum atomic E-state index is 13.0. The Morgan fingerprint density at radius 1 is 0.955 bits per heavy atom. The second-order valence-electron chi connectivity index (χ2n) is 11.0. The van der Waals surface area contributed by atoms with Gasteiger partial charge in [-0.3, -0.25) is 9.59 Å². The topological polar surface area (TPSA) is 143 Å². The highest BCUT2D eigenvalue weighted by Crippen LogP contribution is 2.44. The second kappa shape index (κ2) is 17.0. The quantitative estimate of drug-likeness (QED) is 0.158. The molecule has 10 nitrogen and oxygen atoms in total. The molecule has 0 spiro atoms. The summed E-state index contributed by atoms with van der Waals surface area (Å²) >= 11 is 0. The molecule has 236 valence electrons. The molecular formula is C34H43N3O7. The van der Waals surface area contributed by atoms with E-state index in [4.69, 9.17) is 14.6 Å². The van der Waals surface area contributed by atoms with Crippen LogP contribution in [0.25, 0.3) is 11.1 Å². The van der Waals surface area contributed by atoms with Crippen molar-refractivity contribution in [3.63, 3.8) is 0 Å². The van der Waals surface area contributed by atoms with Crippen molar-refractivity contribution >= 4 is 23.9 Å². The molecule has 2 aromatic carbocycles. The number of allylic oxidation sites excluding steroid dienone is 2. The molecule has 4 atom stereocenters. The van der Waals surface area contributed by atoms with Gasteiger partial charge in [-0.25, -0.2) is 9.59 Å². The van der Waals surface area contributed by atoms with Crippen LogP contribution in [0.3, 0.4) is 0 Å². The fourth-order valence-corrected chi connectivity index (χ4v) is 5.11. The normalized spacial score (nSPS) is 14.5. The minimum atomic E-state index is -0.979. The number of carbonyl (C=O) groups is 4. The number of hydrogen-bond acceptors (Lipinski definition) is 7. The van der Waals surface area contributed by atoms with Crippen molar-refractivity contribution in [1.82, 2.24) is 16.0 Å². The molecule has 44 heavy (non-hydrogen) atoms. The molecule has 0 aliphatic heterocycles. The lowest BCUT2D eigenvalue weighted by atomic mass is 9.98. The van der Waals surface area contributed by atoms with E-state index in [1.54, 1.807) is 26.0 Å². The number of esters is 1. The van der Waals surface area contributed by atoms with Crippen LogP contribution in [0.15, 0.2) is 73.8 Å². The van der Waals surface area contributed by atoms with Crippen LogP contribution in [0.1, 0.15) is 56.6 Å². The van der Waals surface area contributed by atoms with Crippen LogP contribution in [0.4, 0.5) is 4.79 Å². The molecule has 0 bridgehead atoms. The van der Waals surface area contributed by atoms with Crippen LogP contribution in [0.5, 0.6) is 0 Å². The predicted molar refractivity (Wildman–Crippen MR) is 168 cm³/mol. The molecule has 2 aromatic rings. The highest BCUT2D eigenvalue weighted by atomic mass is 16.6. The van der Waals surface area contributed by atoms with Crippen molar-refractivity contribution in [2.45, 2.75) is 63.6 Å². The number of alkyl carbamates (subject to hydrolysis) is 1. The average molecular weight is 606 g/mol. The number of benzene rings is 2. The lowest BCUT2D eigenvalue weighted by Crippen LogP contribution is -2.45. The highest BCUT2D eigenvalue weighted by Gasteiger charge is 2.30. The van der Waals surface area contributed by atoms with Crippen molar-refractivity contribution < 1.29 is 33.8 Å². The van der Waals surface area contributed by atoms with E-state index in [9.17, 15) is 19.2 Å². The Hall–Kier alpha value is -4.44. The maximum absolute atomic E-state index is 13.0. The van der Waals surface area contributed by atoms with E-state index in [1.165, 1.54) is 0 Å². The molecule has 0 heterocycles. The minimum Gasteiger partial charge on any atom is -0.459 e. The number of rotatable bonds is 17. The number of nitrogens with one attached hydrogen (secondary N) is 3. The summed E-state index contributed by atoms with van der Waals surface area (Å²) in [6, 6.07) is 14.6. The molecular weight excluding hydrogens is 562 g/mol. The fraction of sp³-hybridized carbons (Fsp3) is 0.412. The largest absolute Gasteiger partial charge is 0.459 e. The van der Waals surface area contributed by atoms with E-state index >= 15 is 0 Å². The number of ether oxygens (including phenoxy) is 2. The molecule has 3 rings (SSSR count). The Labute approximate surface area is 258 Å². The number of fused-ring (bicyclic) bond motifs is 3. The zero-order chi connectivity index (χ0) is 32.1. The van der Waals surface area contributed by atoms with Crippen LogP contribution >= 0.6 is 0 Å². The average Bonchev–Trinajstić information content (AvgIpc) is 3.33. The van der Waals surface area contributed by atoms with Crippen molar-refractivity contribution in [3.8, 4) is 11.1 Å². The number of hydrogen-bond donors (Lipinski definition) is 4. The van der Waals surface area contributed by atoms with E-state index in [1.807, 2.05) is 36.4 Å². The summed E-state index contributed by atoms with van der Waals surface area (Å²) in [6.07, 6.45) is 2.65. The van der Waals surface area contributed by atoms with Crippen LogP contribution in [-0.2, 0) is 23.9 Å². The summed E-state index contributed by atoms with van der Waals surface area (Å²) in [6.45, 7) is 10.5. The zero-order valence-electron chi connectivity index (χ0n) is 25.4. The van der Waals surface area contributed by atoms with Crippen molar-refractivity contribution in [2.24, 2.45) is 5.92 Å². The Morgan fingerprint density at radius 2 is 1.59 bits per heavy atom. The molecule has 0 unspecified atom stereocenters. The Bertz CT molecular complexity index is 1280. The maximum Gasteiger partial charge on any atom is 0.407 e. The minimum absolute atomic E-state index is 0.00595. The van der Waals surface area contributed by atoms with Gasteiger partial charge in [0.25, 0.3) is 0 Å². The fourth-order valence-electron chi connectivity index (χ4n) is 5.11. The molecule has 0 fully saturated rings. The van der Waals surface area contributed by atoms with Gasteiger partial charge in [-0.2, -0.15) is 0 Å². The summed E-state index contributed by atoms with van der Waals surface area (Å²) in [5.41, 5.74) is 4.38. The monoisotopic (exact) mass is 605 g/mol. The van der Waals surface area contributed by atoms with E-state index < -0.39 is 36.2 Å². The first-order valence-corrected chi connectivity index (χ1v) is 14.9. The Morgan fingerprint density at radius 3 is 2.18 bits per heavy atom. The van der Waals surface area contributed by atoms with E-state index in [0.29, 0.717) is 6.42 Å². The first-order chi connectivity index (χ1) is 21.2. The summed E-state index contributed by atoms with van der Waals surface area (Å²) in [7, 11) is 0. The molecule has 0 radical (unpaired) electrons. The zero-order valence-corrected chi connectivity index (χ0v) is 25.4. The van der Waals surface area contributed by atoms with Gasteiger partial charge in [0.05, 0.1) is 19.1 Å². The van der Waals surface area contributed by atoms with Crippen molar-refractivity contribution in [1.29, 1.82) is 0 Å². The molecule has 10 heteroatoms. The molecule has 4 N–H and O–H groups in total. The third kappa shape index (κ3) is 9.54. The summed E-state index contributed by atoms with van der Waals surface area (Å²) < 4.78 is 11.1. The Balaban J connectivity index is 1.53. The highest BCUT2D eigenvalue weighted by molar-refractivity contribution is 5.86. The van der Waals surface area contributed by atoms with Gasteiger partial charge in [0.2, 0.25) is 11.8 Å². The van der Waals surface area contributed by atoms with Gasteiger partial charge in [0.1, 0.15) is 18.8 Å². The molecule has 0 saturated heterocycles. The molecule has 1 aliphatic carbocycles. The van der Waals surface area contributed by atoms with Crippen molar-refractivity contribution in [3.05, 3.63) is 85.0 Å². The number of aliphatic hydroxyl groups excluding tert-OH is 1. The smallest absolute Gasteiger partial charge is 0.407 e. The van der Waals surface area contributed by atoms with Crippen molar-refractivity contribution in [2.75, 3.05) is 19.8 Å². The van der Waals surface area contributed by atoms with Crippen LogP contribution < -0.4 is 16.0 Å². The van der Waals surface area contributed by atoms with Gasteiger partial charge in [0, 0.05) is 18.4 Å². The van der Waals surface area contributed by atoms with Crippen LogP contribution in [0.2, 0.25) is 0 Å². The molecule has 1 aliphatic rings. The number of aliphatic hydroxyl groups is 1. The van der Waals surface area contributed by atoms with E-state index in [0.717, 1.165) is 22.3 Å². The third-order valence-electron chi connectivity index (χ3n) is 7.40. The first-order valence-electron chi connectivity index (χ1n) is 14.9. The molecule has 0 saturated carbocycles. The van der Waals surface area contributed by atoms with Gasteiger partial charge >= 0.3 is 12.1 Å². The molecule has 3 amide bonds. The third-order valence-corrected chi connectivity index (χ3v) is 7.40. The van der Waals surface area contributed by atoms with Gasteiger partial charge in [-0.1, -0.05) is 60.7 Å². The summed E-state index contributed by atoms with van der Waals surface area (Å²) in [5, 5.41) is 17.1. The predicted octanol–water partition coefficient (Wildman–Crippen LogP) is 3.99. The van der Waals surface area contributed by atoms with Gasteiger partial charge in [0.15, 0.2) is 0 Å². The number of carbonyl (C=O) groups excluding carboxylic acids is 4. The van der Waals surface area contributed by atoms with Crippen LogP contribution in [0, 0.1) is 5.92 Å². The lowest BCUT2D eigenvalue weighted by Gasteiger charge is -2.22. The summed E-state index contributed by atoms with van der Waals surface area (Å²) in [4.78, 5) is 50.8. The van der Waals surface area contributed by atoms with E-state index in [2.05, 4.69) is 41.2 Å². The first kappa shape index (κ1) is 34.1. The summed E-state index contributed by atoms with van der Waals surface area (Å²) in [5.74, 6) is -2.21. The van der Waals surface area contributed by atoms with Gasteiger partial charge in [-0.15, -0.1) is 13.2 Å². The molecule has 0 aromatic heterocycles. The van der Waals surface area contributed by atoms with Gasteiger partial charge in [-0.05, 0) is 55.4 Å². The Kier molecular flexibility index (Phi) is 13.2. The second-order valence-corrected chi connectivity index (χ2v) is 11.0.